The first kappa shape index (κ1) is 62.9. The second kappa shape index (κ2) is 29.2. The van der Waals surface area contributed by atoms with E-state index < -0.39 is 36.0 Å². The van der Waals surface area contributed by atoms with Gasteiger partial charge in [0.05, 0.1) is 33.8 Å². The van der Waals surface area contributed by atoms with Crippen molar-refractivity contribution in [3.63, 3.8) is 0 Å². The van der Waals surface area contributed by atoms with Crippen molar-refractivity contribution in [2.75, 3.05) is 54.0 Å². The number of ether oxygens (including phenoxy) is 1. The second-order valence-corrected chi connectivity index (χ2v) is 23.0. The monoisotopic (exact) mass is 1230 g/mol. The number of aromatic amines is 2. The molecule has 0 unspecified atom stereocenters. The summed E-state index contributed by atoms with van der Waals surface area (Å²) in [5.74, 6) is -1.41. The maximum Gasteiger partial charge on any atom is 0.449 e. The molecule has 8 aromatic rings. The third-order valence-corrected chi connectivity index (χ3v) is 15.0. The van der Waals surface area contributed by atoms with E-state index in [1.807, 2.05) is 91.3 Å². The van der Waals surface area contributed by atoms with Gasteiger partial charge in [-0.1, -0.05) is 96.0 Å². The van der Waals surface area contributed by atoms with Crippen LogP contribution in [0.4, 0.5) is 41.2 Å². The van der Waals surface area contributed by atoms with Crippen LogP contribution in [0.3, 0.4) is 0 Å². The Kier molecular flexibility index (Phi) is 21.1. The summed E-state index contributed by atoms with van der Waals surface area (Å²) < 4.78 is 41.9. The number of likely N-dealkylation sites (tertiary alicyclic amines) is 2. The van der Waals surface area contributed by atoms with E-state index in [2.05, 4.69) is 62.4 Å². The number of nitrogens with one attached hydrogen (secondary N) is 7. The van der Waals surface area contributed by atoms with Crippen LogP contribution in [-0.4, -0.2) is 120 Å². The topological polar surface area (TPSA) is 227 Å². The van der Waals surface area contributed by atoms with Crippen LogP contribution in [0, 0.1) is 0 Å². The largest absolute Gasteiger partial charge is 0.449 e. The first-order chi connectivity index (χ1) is 41.8. The Bertz CT molecular complexity index is 3720. The molecule has 0 atom stereocenters. The van der Waals surface area contributed by atoms with Crippen LogP contribution in [-0.2, 0) is 32.2 Å². The number of fused-ring (bicyclic) bond motifs is 2. The van der Waals surface area contributed by atoms with Crippen molar-refractivity contribution in [1.82, 2.24) is 45.0 Å². The fraction of sp³-hybridized carbons (Fsp3) is 0.312. The SMILES string of the molecule is CC(C)(C)OC(=O)NC/C=C/C(=O)Nc1ccc(CN2CCC(Nc3ncc(Cl)c(-c4c[nH]c5ccccc45)n3)CC2)cc1.O=C(/C=C/CCC(=O)C(F)(F)F)Nc1ccc(CN2CCC(Nc3ncc(Cl)c(-c4c[nH]c5ccccc45)n3)CC2)cc1. The molecule has 3 amide bonds. The molecule has 0 aliphatic carbocycles. The number of Topliss-reactive ketones (excluding diaryl/α,β-unsaturated/α-hetero) is 1. The van der Waals surface area contributed by atoms with Gasteiger partial charge in [-0.2, -0.15) is 13.2 Å². The number of aromatic nitrogens is 6. The molecule has 2 saturated heterocycles. The van der Waals surface area contributed by atoms with Crippen molar-refractivity contribution < 1.29 is 37.1 Å². The summed E-state index contributed by atoms with van der Waals surface area (Å²) in [7, 11) is 0. The molecule has 23 heteroatoms. The number of allylic oxidation sites excluding steroid dienone is 1. The molecule has 0 saturated carbocycles. The number of carbonyl (C=O) groups is 4. The van der Waals surface area contributed by atoms with E-state index in [0.29, 0.717) is 44.7 Å². The molecule has 2 aliphatic heterocycles. The summed E-state index contributed by atoms with van der Waals surface area (Å²) in [5.41, 5.74) is 8.32. The molecule has 10 rings (SSSR count). The predicted molar refractivity (Wildman–Crippen MR) is 335 cm³/mol. The summed E-state index contributed by atoms with van der Waals surface area (Å²) in [6.45, 7) is 10.8. The van der Waals surface area contributed by atoms with Crippen LogP contribution in [0.1, 0.15) is 70.4 Å². The van der Waals surface area contributed by atoms with Gasteiger partial charge < -0.3 is 41.3 Å². The molecular formula is C64H68Cl2F3N13O5. The number of carbonyl (C=O) groups excluding carboxylic acids is 4. The van der Waals surface area contributed by atoms with Crippen LogP contribution in [0.25, 0.3) is 44.3 Å². The zero-order valence-electron chi connectivity index (χ0n) is 48.3. The average molecular weight is 1230 g/mol. The van der Waals surface area contributed by atoms with E-state index in [4.69, 9.17) is 37.9 Å². The van der Waals surface area contributed by atoms with E-state index >= 15 is 0 Å². The molecule has 0 spiro atoms. The Balaban J connectivity index is 0.000000208. The predicted octanol–water partition coefficient (Wildman–Crippen LogP) is 13.1. The molecule has 2 aliphatic rings. The van der Waals surface area contributed by atoms with Crippen LogP contribution in [0.5, 0.6) is 0 Å². The van der Waals surface area contributed by atoms with E-state index in [-0.39, 0.29) is 31.0 Å². The molecule has 87 heavy (non-hydrogen) atoms. The highest BCUT2D eigenvalue weighted by Crippen LogP contribution is 2.35. The van der Waals surface area contributed by atoms with E-state index in [0.717, 1.165) is 110 Å². The number of para-hydroxylation sites is 2. The molecule has 7 N–H and O–H groups in total. The highest BCUT2D eigenvalue weighted by molar-refractivity contribution is 6.33. The number of halogens is 5. The maximum absolute atomic E-state index is 12.2. The molecular weight excluding hydrogens is 1160 g/mol. The van der Waals surface area contributed by atoms with Gasteiger partial charge in [0.1, 0.15) is 5.60 Å². The number of amides is 3. The average Bonchev–Trinajstić information content (AvgIpc) is 1.99. The van der Waals surface area contributed by atoms with Crippen LogP contribution in [0.2, 0.25) is 10.0 Å². The lowest BCUT2D eigenvalue weighted by Crippen LogP contribution is -2.39. The number of alkyl carbamates (subject to hydrolysis) is 1. The molecule has 6 heterocycles. The van der Waals surface area contributed by atoms with Crippen LogP contribution < -0.4 is 26.6 Å². The van der Waals surface area contributed by atoms with Gasteiger partial charge in [-0.05, 0) is 106 Å². The number of hydrogen-bond donors (Lipinski definition) is 7. The number of H-pyrrole nitrogens is 2. The summed E-state index contributed by atoms with van der Waals surface area (Å²) in [4.78, 5) is 76.5. The molecule has 4 aromatic carbocycles. The molecule has 4 aromatic heterocycles. The second-order valence-electron chi connectivity index (χ2n) is 22.2. The number of benzene rings is 4. The fourth-order valence-corrected chi connectivity index (χ4v) is 10.4. The van der Waals surface area contributed by atoms with Gasteiger partial charge in [0.25, 0.3) is 0 Å². The standard InChI is InChI=1S/C33H38ClN7O3.C31H30ClF3N6O2/c1-33(2,3)44-32(43)35-16-6-9-29(42)38-23-12-10-22(11-13-23)21-41-17-14-24(15-18-41)39-31-37-20-27(34)30(40-31)26-19-36-28-8-5-4-7-25(26)28;32-25-18-37-30(40-29(25)24-17-36-26-6-2-1-5-23(24)26)39-22-13-15-41(16-14-22)19-20-9-11-21(12-10-20)38-28(43)8-4-3-7-27(42)31(33,34)35/h4-13,19-20,24,36H,14-18,21H2,1-3H3,(H,35,43)(H,38,42)(H,37,39,40);1-2,4-6,8-12,17-18,22,36H,3,7,13-16,19H2,(H,38,43)(H,37,39,40)/b9-6+;8-4+. The minimum atomic E-state index is -4.85. The molecule has 0 radical (unpaired) electrons. The highest BCUT2D eigenvalue weighted by atomic mass is 35.5. The number of anilines is 4. The van der Waals surface area contributed by atoms with Gasteiger partial charge in [-0.3, -0.25) is 24.2 Å². The van der Waals surface area contributed by atoms with Gasteiger partial charge in [-0.15, -0.1) is 0 Å². The highest BCUT2D eigenvalue weighted by Gasteiger charge is 2.37. The van der Waals surface area contributed by atoms with Crippen molar-refractivity contribution in [2.45, 2.75) is 96.2 Å². The summed E-state index contributed by atoms with van der Waals surface area (Å²) in [6, 6.07) is 31.9. The Morgan fingerprint density at radius 1 is 0.632 bits per heavy atom. The quantitative estimate of drug-likeness (QED) is 0.0374. The summed E-state index contributed by atoms with van der Waals surface area (Å²) in [6.07, 6.45) is 10.1. The molecule has 0 bridgehead atoms. The van der Waals surface area contributed by atoms with Crippen molar-refractivity contribution in [2.24, 2.45) is 0 Å². The van der Waals surface area contributed by atoms with Crippen LogP contribution in [0.15, 0.2) is 146 Å². The molecule has 454 valence electrons. The first-order valence-electron chi connectivity index (χ1n) is 28.6. The normalized spacial score (nSPS) is 14.7. The van der Waals surface area contributed by atoms with Crippen LogP contribution >= 0.6 is 23.2 Å². The van der Waals surface area contributed by atoms with Gasteiger partial charge in [0, 0.05) is 127 Å². The zero-order chi connectivity index (χ0) is 61.5. The number of nitrogens with zero attached hydrogens (tertiary/aromatic N) is 6. The Labute approximate surface area is 511 Å². The van der Waals surface area contributed by atoms with Gasteiger partial charge in [-0.25, -0.2) is 24.7 Å². The summed E-state index contributed by atoms with van der Waals surface area (Å²) in [5, 5.41) is 18.2. The number of ketones is 1. The Morgan fingerprint density at radius 3 is 1.51 bits per heavy atom. The minimum Gasteiger partial charge on any atom is -0.444 e. The third-order valence-electron chi connectivity index (χ3n) is 14.4. The Hall–Kier alpha value is -8.63. The first-order valence-corrected chi connectivity index (χ1v) is 29.4. The Morgan fingerprint density at radius 2 is 1.07 bits per heavy atom. The number of piperidine rings is 2. The van der Waals surface area contributed by atoms with Crippen molar-refractivity contribution >= 4 is 92.0 Å². The lowest BCUT2D eigenvalue weighted by atomic mass is 10.0. The van der Waals surface area contributed by atoms with Crippen molar-refractivity contribution in [1.29, 1.82) is 0 Å². The van der Waals surface area contributed by atoms with E-state index in [9.17, 15) is 32.3 Å². The zero-order valence-corrected chi connectivity index (χ0v) is 49.8. The van der Waals surface area contributed by atoms with E-state index in [1.54, 1.807) is 51.4 Å². The molecule has 18 nitrogen and oxygen atoms in total. The number of hydrogen-bond acceptors (Lipinski definition) is 13. The number of rotatable bonds is 19. The van der Waals surface area contributed by atoms with Gasteiger partial charge in [0.2, 0.25) is 29.5 Å². The van der Waals surface area contributed by atoms with Crippen molar-refractivity contribution in [3.8, 4) is 22.5 Å². The van der Waals surface area contributed by atoms with Gasteiger partial charge in [0.15, 0.2) is 0 Å². The van der Waals surface area contributed by atoms with Crippen molar-refractivity contribution in [3.05, 3.63) is 167 Å². The number of alkyl halides is 3. The van der Waals surface area contributed by atoms with E-state index in [1.165, 1.54) is 17.7 Å². The lowest BCUT2D eigenvalue weighted by molar-refractivity contribution is -0.170. The lowest BCUT2D eigenvalue weighted by Gasteiger charge is -2.32. The fourth-order valence-electron chi connectivity index (χ4n) is 10.1. The summed E-state index contributed by atoms with van der Waals surface area (Å²) >= 11 is 13.0. The third kappa shape index (κ3) is 18.4. The van der Waals surface area contributed by atoms with Gasteiger partial charge >= 0.3 is 12.3 Å². The molecule has 2 fully saturated rings. The minimum absolute atomic E-state index is 0.157. The smallest absolute Gasteiger partial charge is 0.444 e. The maximum atomic E-state index is 12.2.